The minimum Gasteiger partial charge on any atom is -0.378 e. The average molecular weight is 593 g/mol. The first-order chi connectivity index (χ1) is 20.6. The summed E-state index contributed by atoms with van der Waals surface area (Å²) < 4.78 is 0. The summed E-state index contributed by atoms with van der Waals surface area (Å²) in [6, 6.07) is 29.6. The second-order valence-electron chi connectivity index (χ2n) is 10.4. The van der Waals surface area contributed by atoms with Crippen molar-refractivity contribution in [3.05, 3.63) is 125 Å². The van der Waals surface area contributed by atoms with Gasteiger partial charge in [-0.15, -0.1) is 11.8 Å². The van der Waals surface area contributed by atoms with E-state index in [1.807, 2.05) is 100 Å². The van der Waals surface area contributed by atoms with Crippen molar-refractivity contribution >= 4 is 52.6 Å². The van der Waals surface area contributed by atoms with Crippen LogP contribution in [0.15, 0.2) is 108 Å². The maximum Gasteiger partial charge on any atom is 0.272 e. The van der Waals surface area contributed by atoms with Gasteiger partial charge in [0.2, 0.25) is 5.91 Å². The number of hydrogen-bond donors (Lipinski definition) is 3. The molecule has 1 unspecified atom stereocenters. The maximum atomic E-state index is 13.4. The maximum absolute atomic E-state index is 13.4. The van der Waals surface area contributed by atoms with Crippen LogP contribution in [0, 0.1) is 13.8 Å². The molecule has 0 bridgehead atoms. The molecule has 0 fully saturated rings. The fourth-order valence-corrected chi connectivity index (χ4v) is 5.15. The van der Waals surface area contributed by atoms with Crippen LogP contribution in [0.4, 0.5) is 17.1 Å². The lowest BCUT2D eigenvalue weighted by Gasteiger charge is -2.16. The SMILES string of the molecule is Cc1cccc(C)c1NC(=O)C(C)Sc1ccc(NC(=O)/C(=C/c2ccc(N(C)C)cc2)NC(=O)c2ccccc2)cc1. The Bertz CT molecular complexity index is 1600. The summed E-state index contributed by atoms with van der Waals surface area (Å²) in [5, 5.41) is 8.36. The first kappa shape index (κ1) is 31.1. The second-order valence-corrected chi connectivity index (χ2v) is 11.8. The van der Waals surface area contributed by atoms with Crippen molar-refractivity contribution in [2.45, 2.75) is 30.9 Å². The molecule has 0 saturated heterocycles. The van der Waals surface area contributed by atoms with E-state index >= 15 is 0 Å². The third-order valence-corrected chi connectivity index (χ3v) is 7.88. The highest BCUT2D eigenvalue weighted by Crippen LogP contribution is 2.27. The van der Waals surface area contributed by atoms with Gasteiger partial charge in [-0.25, -0.2) is 0 Å². The molecule has 0 aliphatic rings. The lowest BCUT2D eigenvalue weighted by atomic mass is 10.1. The normalized spacial score (nSPS) is 11.8. The van der Waals surface area contributed by atoms with E-state index in [2.05, 4.69) is 16.0 Å². The van der Waals surface area contributed by atoms with Crippen LogP contribution in [0.2, 0.25) is 0 Å². The Morgan fingerprint density at radius 1 is 0.767 bits per heavy atom. The Kier molecular flexibility index (Phi) is 10.4. The predicted octanol–water partition coefficient (Wildman–Crippen LogP) is 6.90. The summed E-state index contributed by atoms with van der Waals surface area (Å²) in [5.74, 6) is -0.920. The van der Waals surface area contributed by atoms with E-state index in [0.29, 0.717) is 11.3 Å². The Balaban J connectivity index is 1.45. The summed E-state index contributed by atoms with van der Waals surface area (Å²) in [7, 11) is 3.91. The number of anilines is 3. The Hall–Kier alpha value is -4.82. The van der Waals surface area contributed by atoms with Crippen molar-refractivity contribution < 1.29 is 14.4 Å². The zero-order valence-corrected chi connectivity index (χ0v) is 25.8. The molecule has 0 heterocycles. The molecule has 0 spiro atoms. The number of rotatable bonds is 10. The fraction of sp³-hybridized carbons (Fsp3) is 0.171. The lowest BCUT2D eigenvalue weighted by Crippen LogP contribution is -2.30. The number of carbonyl (C=O) groups excluding carboxylic acids is 3. The molecule has 0 saturated carbocycles. The highest BCUT2D eigenvalue weighted by Gasteiger charge is 2.18. The summed E-state index contributed by atoms with van der Waals surface area (Å²) in [6.45, 7) is 5.81. The molecule has 0 aliphatic carbocycles. The minimum atomic E-state index is -0.456. The molecule has 4 aromatic carbocycles. The van der Waals surface area contributed by atoms with E-state index in [9.17, 15) is 14.4 Å². The van der Waals surface area contributed by atoms with Gasteiger partial charge in [-0.1, -0.05) is 48.5 Å². The Labute approximate surface area is 257 Å². The van der Waals surface area contributed by atoms with E-state index in [-0.39, 0.29) is 22.8 Å². The Morgan fingerprint density at radius 3 is 2.00 bits per heavy atom. The quantitative estimate of drug-likeness (QED) is 0.138. The molecule has 0 radical (unpaired) electrons. The van der Waals surface area contributed by atoms with Crippen molar-refractivity contribution in [2.75, 3.05) is 29.6 Å². The molecule has 0 aromatic heterocycles. The summed E-state index contributed by atoms with van der Waals surface area (Å²) >= 11 is 1.43. The molecule has 3 N–H and O–H groups in total. The van der Waals surface area contributed by atoms with Crippen LogP contribution in [0.5, 0.6) is 0 Å². The first-order valence-electron chi connectivity index (χ1n) is 13.9. The minimum absolute atomic E-state index is 0.0812. The topological polar surface area (TPSA) is 90.5 Å². The van der Waals surface area contributed by atoms with E-state index in [1.54, 1.807) is 42.5 Å². The van der Waals surface area contributed by atoms with E-state index in [1.165, 1.54) is 11.8 Å². The van der Waals surface area contributed by atoms with Crippen LogP contribution >= 0.6 is 11.8 Å². The van der Waals surface area contributed by atoms with Crippen molar-refractivity contribution in [1.82, 2.24) is 5.32 Å². The van der Waals surface area contributed by atoms with Gasteiger partial charge in [0, 0.05) is 41.6 Å². The number of benzene rings is 4. The summed E-state index contributed by atoms with van der Waals surface area (Å²) in [5.41, 5.74) is 5.78. The number of para-hydroxylation sites is 1. The van der Waals surface area contributed by atoms with Crippen molar-refractivity contribution in [2.24, 2.45) is 0 Å². The molecular formula is C35H36N4O3S. The molecule has 1 atom stereocenters. The third kappa shape index (κ3) is 8.59. The van der Waals surface area contributed by atoms with Crippen molar-refractivity contribution in [3.63, 3.8) is 0 Å². The molecule has 0 aliphatic heterocycles. The zero-order valence-electron chi connectivity index (χ0n) is 25.0. The molecule has 7 nitrogen and oxygen atoms in total. The smallest absolute Gasteiger partial charge is 0.272 e. The number of thioether (sulfide) groups is 1. The van der Waals surface area contributed by atoms with E-state index in [0.717, 1.165) is 33.0 Å². The van der Waals surface area contributed by atoms with Gasteiger partial charge < -0.3 is 20.9 Å². The Morgan fingerprint density at radius 2 is 1.40 bits per heavy atom. The summed E-state index contributed by atoms with van der Waals surface area (Å²) in [6.07, 6.45) is 1.65. The zero-order chi connectivity index (χ0) is 30.9. The van der Waals surface area contributed by atoms with Gasteiger partial charge in [-0.2, -0.15) is 0 Å². The van der Waals surface area contributed by atoms with Gasteiger partial charge in [-0.05, 0) is 92.1 Å². The molecule has 43 heavy (non-hydrogen) atoms. The first-order valence-corrected chi connectivity index (χ1v) is 14.8. The summed E-state index contributed by atoms with van der Waals surface area (Å²) in [4.78, 5) is 42.0. The number of nitrogens with one attached hydrogen (secondary N) is 3. The van der Waals surface area contributed by atoms with Gasteiger partial charge >= 0.3 is 0 Å². The molecule has 3 amide bonds. The largest absolute Gasteiger partial charge is 0.378 e. The molecule has 8 heteroatoms. The lowest BCUT2D eigenvalue weighted by molar-refractivity contribution is -0.115. The standard InChI is InChI=1S/C35H36N4O3S/c1-23-10-9-11-24(2)32(23)38-33(40)25(3)43-30-20-16-28(17-21-30)36-35(42)31(37-34(41)27-12-7-6-8-13-27)22-26-14-18-29(19-15-26)39(4)5/h6-22,25H,1-5H3,(H,36,42)(H,37,41)(H,38,40)/b31-22-. The van der Waals surface area contributed by atoms with Crippen molar-refractivity contribution in [1.29, 1.82) is 0 Å². The molecular weight excluding hydrogens is 556 g/mol. The molecule has 220 valence electrons. The number of carbonyl (C=O) groups is 3. The highest BCUT2D eigenvalue weighted by molar-refractivity contribution is 8.00. The average Bonchev–Trinajstić information content (AvgIpc) is 3.00. The number of hydrogen-bond acceptors (Lipinski definition) is 5. The molecule has 4 aromatic rings. The fourth-order valence-electron chi connectivity index (χ4n) is 4.29. The second kappa shape index (κ2) is 14.4. The van der Waals surface area contributed by atoms with E-state index in [4.69, 9.17) is 0 Å². The number of nitrogens with zero attached hydrogens (tertiary/aromatic N) is 1. The van der Waals surface area contributed by atoms with Crippen LogP contribution < -0.4 is 20.9 Å². The monoisotopic (exact) mass is 592 g/mol. The van der Waals surface area contributed by atoms with Gasteiger partial charge in [0.1, 0.15) is 5.70 Å². The van der Waals surface area contributed by atoms with Crippen LogP contribution in [-0.2, 0) is 9.59 Å². The third-order valence-electron chi connectivity index (χ3n) is 6.77. The van der Waals surface area contributed by atoms with Crippen LogP contribution in [0.25, 0.3) is 6.08 Å². The van der Waals surface area contributed by atoms with Crippen LogP contribution in [-0.4, -0.2) is 37.1 Å². The number of amides is 3. The van der Waals surface area contributed by atoms with Crippen molar-refractivity contribution in [3.8, 4) is 0 Å². The number of aryl methyl sites for hydroxylation is 2. The molecule has 4 rings (SSSR count). The van der Waals surface area contributed by atoms with Crippen LogP contribution in [0.3, 0.4) is 0 Å². The van der Waals surface area contributed by atoms with Gasteiger partial charge in [0.15, 0.2) is 0 Å². The van der Waals surface area contributed by atoms with E-state index < -0.39 is 5.91 Å². The van der Waals surface area contributed by atoms with Gasteiger partial charge in [0.05, 0.1) is 5.25 Å². The highest BCUT2D eigenvalue weighted by atomic mass is 32.2. The van der Waals surface area contributed by atoms with Crippen LogP contribution in [0.1, 0.15) is 34.0 Å². The van der Waals surface area contributed by atoms with Gasteiger partial charge in [0.25, 0.3) is 11.8 Å². The predicted molar refractivity (Wildman–Crippen MR) is 178 cm³/mol. The van der Waals surface area contributed by atoms with Gasteiger partial charge in [-0.3, -0.25) is 14.4 Å².